The Morgan fingerprint density at radius 2 is 2.24 bits per heavy atom. The maximum Gasteiger partial charge on any atom is 0.325 e. The molecule has 7 heteroatoms. The van der Waals surface area contributed by atoms with Crippen molar-refractivity contribution in [2.24, 2.45) is 0 Å². The molecule has 2 N–H and O–H groups in total. The van der Waals surface area contributed by atoms with Crippen LogP contribution in [0.25, 0.3) is 11.0 Å². The van der Waals surface area contributed by atoms with E-state index in [0.29, 0.717) is 5.16 Å². The van der Waals surface area contributed by atoms with Gasteiger partial charge < -0.3 is 15.0 Å². The number of methoxy groups -OCH3 is 1. The van der Waals surface area contributed by atoms with E-state index < -0.39 is 5.97 Å². The first-order valence-corrected chi connectivity index (χ1v) is 7.35. The van der Waals surface area contributed by atoms with Gasteiger partial charge in [-0.25, -0.2) is 4.98 Å². The van der Waals surface area contributed by atoms with Crippen LogP contribution in [0.15, 0.2) is 23.4 Å². The van der Waals surface area contributed by atoms with Crippen LogP contribution < -0.4 is 5.32 Å². The number of imidazole rings is 1. The fourth-order valence-electron chi connectivity index (χ4n) is 1.75. The van der Waals surface area contributed by atoms with E-state index in [4.69, 9.17) is 0 Å². The summed E-state index contributed by atoms with van der Waals surface area (Å²) in [5.41, 5.74) is 2.96. The number of carbonyl (C=O) groups excluding carboxylic acids is 2. The number of carbonyl (C=O) groups is 2. The van der Waals surface area contributed by atoms with E-state index in [0.717, 1.165) is 16.6 Å². The lowest BCUT2D eigenvalue weighted by Crippen LogP contribution is -2.35. The van der Waals surface area contributed by atoms with Gasteiger partial charge in [0.25, 0.3) is 0 Å². The maximum absolute atomic E-state index is 11.9. The summed E-state index contributed by atoms with van der Waals surface area (Å²) in [6.45, 7) is 3.64. The molecule has 0 bridgehead atoms. The molecule has 0 saturated carbocycles. The zero-order chi connectivity index (χ0) is 15.4. The third kappa shape index (κ3) is 3.98. The van der Waals surface area contributed by atoms with Gasteiger partial charge in [-0.3, -0.25) is 9.59 Å². The van der Waals surface area contributed by atoms with Crippen molar-refractivity contribution in [3.8, 4) is 0 Å². The van der Waals surface area contributed by atoms with E-state index >= 15 is 0 Å². The molecule has 0 fully saturated rings. The van der Waals surface area contributed by atoms with Crippen LogP contribution in [0.4, 0.5) is 0 Å². The summed E-state index contributed by atoms with van der Waals surface area (Å²) in [5.74, 6) is -0.707. The number of hydrogen-bond acceptors (Lipinski definition) is 5. The second-order valence-electron chi connectivity index (χ2n) is 4.62. The molecule has 21 heavy (non-hydrogen) atoms. The zero-order valence-corrected chi connectivity index (χ0v) is 12.9. The number of benzene rings is 1. The number of thioether (sulfide) groups is 1. The fraction of sp³-hybridized carbons (Fsp3) is 0.357. The summed E-state index contributed by atoms with van der Waals surface area (Å²) >= 11 is 1.31. The lowest BCUT2D eigenvalue weighted by Gasteiger charge is -2.09. The number of ether oxygens (including phenoxy) is 1. The van der Waals surface area contributed by atoms with Gasteiger partial charge in [0.2, 0.25) is 5.91 Å². The molecule has 0 saturated heterocycles. The van der Waals surface area contributed by atoms with E-state index in [-0.39, 0.29) is 17.7 Å². The number of esters is 1. The Bertz CT molecular complexity index is 669. The number of fused-ring (bicyclic) bond motifs is 1. The number of aromatic amines is 1. The van der Waals surface area contributed by atoms with Gasteiger partial charge in [0.15, 0.2) is 5.16 Å². The van der Waals surface area contributed by atoms with Crippen LogP contribution in [-0.2, 0) is 14.3 Å². The quantitative estimate of drug-likeness (QED) is 0.648. The summed E-state index contributed by atoms with van der Waals surface area (Å²) in [4.78, 5) is 30.4. The van der Waals surface area contributed by atoms with Crippen molar-refractivity contribution >= 4 is 34.7 Å². The van der Waals surface area contributed by atoms with Crippen molar-refractivity contribution in [1.29, 1.82) is 0 Å². The highest BCUT2D eigenvalue weighted by molar-refractivity contribution is 8.00. The number of hydrogen-bond donors (Lipinski definition) is 2. The molecule has 0 aliphatic carbocycles. The van der Waals surface area contributed by atoms with E-state index in [2.05, 4.69) is 20.0 Å². The predicted molar refractivity (Wildman–Crippen MR) is 81.2 cm³/mol. The number of H-pyrrole nitrogens is 1. The maximum atomic E-state index is 11.9. The van der Waals surface area contributed by atoms with Crippen LogP contribution in [0.5, 0.6) is 0 Å². The highest BCUT2D eigenvalue weighted by Gasteiger charge is 2.17. The van der Waals surface area contributed by atoms with Gasteiger partial charge in [-0.05, 0) is 31.5 Å². The highest BCUT2D eigenvalue weighted by Crippen LogP contribution is 2.23. The first-order valence-electron chi connectivity index (χ1n) is 6.47. The number of nitrogens with zero attached hydrogens (tertiary/aromatic N) is 1. The molecule has 0 spiro atoms. The smallest absolute Gasteiger partial charge is 0.325 e. The molecule has 0 radical (unpaired) electrons. The lowest BCUT2D eigenvalue weighted by molar-refractivity contribution is -0.141. The Morgan fingerprint density at radius 1 is 1.48 bits per heavy atom. The minimum absolute atomic E-state index is 0.125. The second kappa shape index (κ2) is 6.62. The summed E-state index contributed by atoms with van der Waals surface area (Å²) in [7, 11) is 1.28. The number of rotatable bonds is 5. The molecule has 2 rings (SSSR count). The number of aryl methyl sites for hydroxylation is 1. The second-order valence-corrected chi connectivity index (χ2v) is 5.95. The largest absolute Gasteiger partial charge is 0.468 e. The van der Waals surface area contributed by atoms with Crippen LogP contribution in [0.2, 0.25) is 0 Å². The van der Waals surface area contributed by atoms with Gasteiger partial charge in [-0.2, -0.15) is 0 Å². The Labute approximate surface area is 126 Å². The molecule has 0 aliphatic heterocycles. The van der Waals surface area contributed by atoms with E-state index in [9.17, 15) is 9.59 Å². The normalized spacial score (nSPS) is 12.1. The fourth-order valence-corrected chi connectivity index (χ4v) is 2.60. The number of aromatic nitrogens is 2. The summed E-state index contributed by atoms with van der Waals surface area (Å²) in [6.07, 6.45) is 0. The molecule has 1 unspecified atom stereocenters. The van der Waals surface area contributed by atoms with Gasteiger partial charge in [0, 0.05) is 0 Å². The zero-order valence-electron chi connectivity index (χ0n) is 12.1. The van der Waals surface area contributed by atoms with Crippen molar-refractivity contribution < 1.29 is 14.3 Å². The minimum Gasteiger partial charge on any atom is -0.468 e. The molecular formula is C14H17N3O3S. The SMILES string of the molecule is COC(=O)CNC(=O)C(C)Sc1nc2ccc(C)cc2[nH]1. The molecule has 1 aromatic carbocycles. The molecule has 6 nitrogen and oxygen atoms in total. The molecule has 2 aromatic rings. The number of amides is 1. The molecular weight excluding hydrogens is 290 g/mol. The van der Waals surface area contributed by atoms with Gasteiger partial charge >= 0.3 is 5.97 Å². The first kappa shape index (κ1) is 15.4. The van der Waals surface area contributed by atoms with Gasteiger partial charge in [0.05, 0.1) is 23.4 Å². The molecule has 1 amide bonds. The monoisotopic (exact) mass is 307 g/mol. The molecule has 1 heterocycles. The lowest BCUT2D eigenvalue weighted by atomic mass is 10.2. The summed E-state index contributed by atoms with van der Waals surface area (Å²) in [5, 5.41) is 2.83. The van der Waals surface area contributed by atoms with Crippen LogP contribution in [-0.4, -0.2) is 40.7 Å². The highest BCUT2D eigenvalue weighted by atomic mass is 32.2. The van der Waals surface area contributed by atoms with Crippen molar-refractivity contribution in [3.63, 3.8) is 0 Å². The third-order valence-electron chi connectivity index (χ3n) is 2.91. The van der Waals surface area contributed by atoms with Crippen LogP contribution in [0.1, 0.15) is 12.5 Å². The van der Waals surface area contributed by atoms with E-state index in [1.54, 1.807) is 6.92 Å². The van der Waals surface area contributed by atoms with Crippen LogP contribution in [0.3, 0.4) is 0 Å². The van der Waals surface area contributed by atoms with Crippen LogP contribution >= 0.6 is 11.8 Å². The van der Waals surface area contributed by atoms with Gasteiger partial charge in [-0.1, -0.05) is 17.8 Å². The Kier molecular flexibility index (Phi) is 4.85. The summed E-state index contributed by atoms with van der Waals surface area (Å²) < 4.78 is 4.47. The molecule has 112 valence electrons. The van der Waals surface area contributed by atoms with Crippen molar-refractivity contribution in [3.05, 3.63) is 23.8 Å². The minimum atomic E-state index is -0.472. The molecule has 1 aromatic heterocycles. The van der Waals surface area contributed by atoms with Crippen LogP contribution in [0, 0.1) is 6.92 Å². The average molecular weight is 307 g/mol. The Hall–Kier alpha value is -2.02. The standard InChI is InChI=1S/C14H17N3O3S/c1-8-4-5-10-11(6-8)17-14(16-10)21-9(2)13(19)15-7-12(18)20-3/h4-6,9H,7H2,1-3H3,(H,15,19)(H,16,17). The average Bonchev–Trinajstić information content (AvgIpc) is 2.85. The number of nitrogens with one attached hydrogen (secondary N) is 2. The molecule has 1 atom stereocenters. The van der Waals surface area contributed by atoms with Gasteiger partial charge in [0.1, 0.15) is 6.54 Å². The topological polar surface area (TPSA) is 84.1 Å². The third-order valence-corrected chi connectivity index (χ3v) is 3.89. The first-order chi connectivity index (χ1) is 9.99. The summed E-state index contributed by atoms with van der Waals surface area (Å²) in [6, 6.07) is 5.94. The van der Waals surface area contributed by atoms with Crippen molar-refractivity contribution in [1.82, 2.24) is 15.3 Å². The van der Waals surface area contributed by atoms with E-state index in [1.807, 2.05) is 25.1 Å². The predicted octanol–water partition coefficient (Wildman–Crippen LogP) is 1.64. The van der Waals surface area contributed by atoms with Crippen molar-refractivity contribution in [2.45, 2.75) is 24.3 Å². The van der Waals surface area contributed by atoms with Gasteiger partial charge in [-0.15, -0.1) is 0 Å². The van der Waals surface area contributed by atoms with Crippen molar-refractivity contribution in [2.75, 3.05) is 13.7 Å². The Balaban J connectivity index is 1.98. The Morgan fingerprint density at radius 3 is 2.95 bits per heavy atom. The molecule has 0 aliphatic rings. The van der Waals surface area contributed by atoms with E-state index in [1.165, 1.54) is 18.9 Å².